The van der Waals surface area contributed by atoms with E-state index < -0.39 is 12.2 Å². The Morgan fingerprint density at radius 3 is 2.00 bits per heavy atom. The second kappa shape index (κ2) is 8.76. The van der Waals surface area contributed by atoms with Gasteiger partial charge in [0.05, 0.1) is 5.55 Å². The molecule has 2 amide bonds. The van der Waals surface area contributed by atoms with Gasteiger partial charge in [0.15, 0.2) is 0 Å². The van der Waals surface area contributed by atoms with Gasteiger partial charge >= 0.3 is 12.2 Å². The number of aliphatic imine (C=N–C) groups is 1. The first-order chi connectivity index (χ1) is 5.00. The number of carboxylic acid groups (broad SMARTS) is 2. The Labute approximate surface area is 67.1 Å². The second-order valence-electron chi connectivity index (χ2n) is 1.09. The van der Waals surface area contributed by atoms with E-state index in [2.05, 4.69) is 10.7 Å². The normalized spacial score (nSPS) is 8.45. The molecule has 0 aliphatic heterocycles. The van der Waals surface area contributed by atoms with Crippen molar-refractivity contribution in [2.24, 2.45) is 10.7 Å². The van der Waals surface area contributed by atoms with Gasteiger partial charge in [-0.1, -0.05) is 0 Å². The highest BCUT2D eigenvalue weighted by Gasteiger charge is 1.80. The molecule has 0 radical (unpaired) electrons. The number of hydrogen-bond acceptors (Lipinski definition) is 3. The Kier molecular flexibility index (Phi) is 9.90. The SMILES string of the molecule is CSC=NC(=O)O.NC(=O)O. The minimum absolute atomic E-state index is 1.14. The van der Waals surface area contributed by atoms with E-state index in [4.69, 9.17) is 15.0 Å². The van der Waals surface area contributed by atoms with Crippen LogP contribution in [-0.4, -0.2) is 34.2 Å². The largest absolute Gasteiger partial charge is 0.465 e. The zero-order valence-electron chi connectivity index (χ0n) is 5.72. The van der Waals surface area contributed by atoms with Gasteiger partial charge in [0.2, 0.25) is 0 Å². The van der Waals surface area contributed by atoms with Crippen LogP contribution in [0.1, 0.15) is 0 Å². The molecule has 0 fully saturated rings. The number of hydrogen-bond donors (Lipinski definition) is 3. The quantitative estimate of drug-likeness (QED) is 0.405. The third kappa shape index (κ3) is 52.6. The first-order valence-corrected chi connectivity index (χ1v) is 3.56. The average molecular weight is 180 g/mol. The molecular formula is C4H8N2O4S. The maximum atomic E-state index is 9.55. The van der Waals surface area contributed by atoms with Crippen LogP contribution in [0.15, 0.2) is 4.99 Å². The summed E-state index contributed by atoms with van der Waals surface area (Å²) >= 11 is 1.26. The van der Waals surface area contributed by atoms with Crippen molar-refractivity contribution >= 4 is 29.5 Å². The van der Waals surface area contributed by atoms with E-state index >= 15 is 0 Å². The molecule has 0 rings (SSSR count). The fourth-order valence-electron chi connectivity index (χ4n) is 0.0978. The lowest BCUT2D eigenvalue weighted by Crippen LogP contribution is -2.03. The van der Waals surface area contributed by atoms with Crippen molar-refractivity contribution in [1.82, 2.24) is 0 Å². The highest BCUT2D eigenvalue weighted by molar-refractivity contribution is 8.11. The van der Waals surface area contributed by atoms with Crippen LogP contribution in [0.25, 0.3) is 0 Å². The van der Waals surface area contributed by atoms with Gasteiger partial charge < -0.3 is 15.9 Å². The molecule has 0 aromatic carbocycles. The predicted octanol–water partition coefficient (Wildman–Crippen LogP) is 0.679. The summed E-state index contributed by atoms with van der Waals surface area (Å²) in [4.78, 5) is 21.3. The molecule has 0 aliphatic carbocycles. The summed E-state index contributed by atoms with van der Waals surface area (Å²) in [6.07, 6.45) is -0.735. The summed E-state index contributed by atoms with van der Waals surface area (Å²) in [5.41, 5.74) is 5.29. The molecule has 0 heterocycles. The molecule has 4 N–H and O–H groups in total. The Hall–Kier alpha value is -1.24. The van der Waals surface area contributed by atoms with Gasteiger partial charge in [-0.2, -0.15) is 4.99 Å². The lowest BCUT2D eigenvalue weighted by molar-refractivity contribution is 0.204. The topological polar surface area (TPSA) is 113 Å². The number of primary amides is 1. The lowest BCUT2D eigenvalue weighted by atomic mass is 11.2. The van der Waals surface area contributed by atoms with Crippen molar-refractivity contribution in [3.63, 3.8) is 0 Å². The van der Waals surface area contributed by atoms with Gasteiger partial charge in [0.1, 0.15) is 0 Å². The number of rotatable bonds is 1. The van der Waals surface area contributed by atoms with E-state index in [1.165, 1.54) is 17.3 Å². The van der Waals surface area contributed by atoms with Gasteiger partial charge in [-0.25, -0.2) is 9.59 Å². The number of amides is 2. The number of thioether (sulfide) groups is 1. The standard InChI is InChI=1S/C3H5NO2S.CH3NO2/c1-7-2-4-3(5)6;2-1(3)4/h2H,1H3,(H,5,6);2H2,(H,3,4). The first-order valence-electron chi connectivity index (χ1n) is 2.27. The molecule has 0 bridgehead atoms. The smallest absolute Gasteiger partial charge is 0.431 e. The summed E-state index contributed by atoms with van der Waals surface area (Å²) in [6.45, 7) is 0. The Morgan fingerprint density at radius 1 is 1.55 bits per heavy atom. The molecule has 6 nitrogen and oxygen atoms in total. The van der Waals surface area contributed by atoms with Crippen LogP contribution in [0.2, 0.25) is 0 Å². The fourth-order valence-corrected chi connectivity index (χ4v) is 0.293. The van der Waals surface area contributed by atoms with E-state index in [0.29, 0.717) is 0 Å². The minimum atomic E-state index is -1.33. The van der Waals surface area contributed by atoms with Gasteiger partial charge in [0.25, 0.3) is 0 Å². The summed E-state index contributed by atoms with van der Waals surface area (Å²) in [7, 11) is 0. The van der Waals surface area contributed by atoms with Crippen LogP contribution in [0, 0.1) is 0 Å². The number of carbonyl (C=O) groups is 2. The van der Waals surface area contributed by atoms with Gasteiger partial charge in [-0.15, -0.1) is 11.8 Å². The van der Waals surface area contributed by atoms with Crippen LogP contribution in [0.5, 0.6) is 0 Å². The summed E-state index contributed by atoms with van der Waals surface area (Å²) in [5, 5.41) is 15.0. The fraction of sp³-hybridized carbons (Fsp3) is 0.250. The van der Waals surface area contributed by atoms with Crippen molar-refractivity contribution in [1.29, 1.82) is 0 Å². The van der Waals surface area contributed by atoms with E-state index in [-0.39, 0.29) is 0 Å². The van der Waals surface area contributed by atoms with Crippen molar-refractivity contribution < 1.29 is 19.8 Å². The zero-order chi connectivity index (χ0) is 9.28. The Balaban J connectivity index is 0. The van der Waals surface area contributed by atoms with Crippen LogP contribution >= 0.6 is 11.8 Å². The molecule has 0 aliphatic rings. The molecule has 0 atom stereocenters. The molecule has 0 aromatic rings. The summed E-state index contributed by atoms with van der Waals surface area (Å²) < 4.78 is 0. The van der Waals surface area contributed by atoms with Gasteiger partial charge in [-0.05, 0) is 6.26 Å². The minimum Gasteiger partial charge on any atom is -0.465 e. The second-order valence-corrected chi connectivity index (χ2v) is 1.77. The molecular weight excluding hydrogens is 172 g/mol. The maximum Gasteiger partial charge on any atom is 0.431 e. The van der Waals surface area contributed by atoms with Gasteiger partial charge in [-0.3, -0.25) is 0 Å². The predicted molar refractivity (Wildman–Crippen MR) is 42.2 cm³/mol. The number of nitrogens with two attached hydrogens (primary N) is 1. The van der Waals surface area contributed by atoms with Crippen molar-refractivity contribution in [2.75, 3.05) is 6.26 Å². The third-order valence-electron chi connectivity index (χ3n) is 0.269. The zero-order valence-corrected chi connectivity index (χ0v) is 6.54. The van der Waals surface area contributed by atoms with E-state index in [0.717, 1.165) is 0 Å². The molecule has 0 saturated heterocycles. The molecule has 11 heavy (non-hydrogen) atoms. The maximum absolute atomic E-state index is 9.55. The lowest BCUT2D eigenvalue weighted by Gasteiger charge is -1.73. The first kappa shape index (κ1) is 12.4. The third-order valence-corrected chi connectivity index (χ3v) is 0.585. The molecule has 64 valence electrons. The molecule has 7 heteroatoms. The van der Waals surface area contributed by atoms with Gasteiger partial charge in [0, 0.05) is 0 Å². The van der Waals surface area contributed by atoms with Crippen LogP contribution in [0.3, 0.4) is 0 Å². The van der Waals surface area contributed by atoms with Crippen LogP contribution < -0.4 is 5.73 Å². The molecule has 0 spiro atoms. The molecule has 0 saturated carbocycles. The monoisotopic (exact) mass is 180 g/mol. The Bertz CT molecular complexity index is 154. The molecule has 0 unspecified atom stereocenters. The highest BCUT2D eigenvalue weighted by atomic mass is 32.2. The molecule has 0 aromatic heterocycles. The van der Waals surface area contributed by atoms with Crippen LogP contribution in [0.4, 0.5) is 9.59 Å². The van der Waals surface area contributed by atoms with E-state index in [1.54, 1.807) is 6.26 Å². The van der Waals surface area contributed by atoms with Crippen molar-refractivity contribution in [3.8, 4) is 0 Å². The van der Waals surface area contributed by atoms with E-state index in [1.807, 2.05) is 0 Å². The summed E-state index contributed by atoms with van der Waals surface area (Å²) in [6, 6.07) is 0. The summed E-state index contributed by atoms with van der Waals surface area (Å²) in [5.74, 6) is 0. The van der Waals surface area contributed by atoms with Crippen molar-refractivity contribution in [3.05, 3.63) is 0 Å². The highest BCUT2D eigenvalue weighted by Crippen LogP contribution is 1.82. The number of nitrogens with zero attached hydrogens (tertiary/aromatic N) is 1. The van der Waals surface area contributed by atoms with Crippen molar-refractivity contribution in [2.45, 2.75) is 0 Å². The van der Waals surface area contributed by atoms with E-state index in [9.17, 15) is 4.79 Å². The average Bonchev–Trinajstić information content (AvgIpc) is 1.82. The van der Waals surface area contributed by atoms with Crippen LogP contribution in [-0.2, 0) is 0 Å². The Morgan fingerprint density at radius 2 is 1.91 bits per heavy atom.